The Bertz CT molecular complexity index is 685. The maximum Gasteiger partial charge on any atom is 0.417 e. The van der Waals surface area contributed by atoms with Gasteiger partial charge in [-0.05, 0) is 12.1 Å². The zero-order valence-electron chi connectivity index (χ0n) is 9.68. The molecule has 0 saturated carbocycles. The smallest absolute Gasteiger partial charge is 0.212 e. The summed E-state index contributed by atoms with van der Waals surface area (Å²) < 4.78 is 84.5. The van der Waals surface area contributed by atoms with Crippen molar-refractivity contribution in [2.75, 3.05) is 12.3 Å². The summed E-state index contributed by atoms with van der Waals surface area (Å²) in [5, 5.41) is 0. The topological polar surface area (TPSA) is 80.3 Å². The van der Waals surface area contributed by atoms with E-state index in [2.05, 4.69) is 0 Å². The Kier molecular flexibility index (Phi) is 5.06. The van der Waals surface area contributed by atoms with Crippen LogP contribution in [0.25, 0.3) is 0 Å². The molecule has 0 fully saturated rings. The number of rotatable bonds is 5. The van der Waals surface area contributed by atoms with Crippen molar-refractivity contribution in [2.45, 2.75) is 11.1 Å². The van der Waals surface area contributed by atoms with Crippen molar-refractivity contribution in [1.82, 2.24) is 4.72 Å². The summed E-state index contributed by atoms with van der Waals surface area (Å²) in [6, 6.07) is 3.57. The van der Waals surface area contributed by atoms with E-state index >= 15 is 0 Å². The lowest BCUT2D eigenvalue weighted by molar-refractivity contribution is -0.139. The highest BCUT2D eigenvalue weighted by atomic mass is 35.7. The van der Waals surface area contributed by atoms with Crippen LogP contribution in [0.3, 0.4) is 0 Å². The van der Waals surface area contributed by atoms with Crippen LogP contribution in [0.2, 0.25) is 0 Å². The van der Waals surface area contributed by atoms with Gasteiger partial charge < -0.3 is 0 Å². The SMILES string of the molecule is O=S(=O)(Cl)CCNS(=O)(=O)c1ccccc1C(F)(F)F. The number of benzene rings is 1. The van der Waals surface area contributed by atoms with Crippen LogP contribution in [0.5, 0.6) is 0 Å². The van der Waals surface area contributed by atoms with Crippen LogP contribution in [0.15, 0.2) is 29.2 Å². The molecular weight excluding hydrogens is 343 g/mol. The summed E-state index contributed by atoms with van der Waals surface area (Å²) in [6.45, 7) is -0.625. The van der Waals surface area contributed by atoms with E-state index < -0.39 is 48.0 Å². The molecule has 5 nitrogen and oxygen atoms in total. The molecule has 0 spiro atoms. The third-order valence-electron chi connectivity index (χ3n) is 2.12. The summed E-state index contributed by atoms with van der Waals surface area (Å²) >= 11 is 0. The van der Waals surface area contributed by atoms with Crippen molar-refractivity contribution >= 4 is 29.8 Å². The first kappa shape index (κ1) is 17.2. The molecule has 1 N–H and O–H groups in total. The van der Waals surface area contributed by atoms with Gasteiger partial charge in [0.2, 0.25) is 19.1 Å². The van der Waals surface area contributed by atoms with Gasteiger partial charge >= 0.3 is 6.18 Å². The highest BCUT2D eigenvalue weighted by molar-refractivity contribution is 8.13. The Morgan fingerprint density at radius 3 is 2.15 bits per heavy atom. The summed E-state index contributed by atoms with van der Waals surface area (Å²) in [6.07, 6.45) is -4.84. The van der Waals surface area contributed by atoms with Crippen LogP contribution >= 0.6 is 10.7 Å². The molecule has 0 saturated heterocycles. The van der Waals surface area contributed by atoms with Gasteiger partial charge in [0.15, 0.2) is 0 Å². The van der Waals surface area contributed by atoms with Gasteiger partial charge in [0.05, 0.1) is 16.2 Å². The molecule has 0 amide bonds. The van der Waals surface area contributed by atoms with Crippen molar-refractivity contribution in [3.05, 3.63) is 29.8 Å². The highest BCUT2D eigenvalue weighted by Crippen LogP contribution is 2.33. The zero-order valence-corrected chi connectivity index (χ0v) is 12.1. The first-order valence-electron chi connectivity index (χ1n) is 5.02. The molecule has 0 aliphatic rings. The normalized spacial score (nSPS) is 13.4. The Hall–Kier alpha value is -0.840. The van der Waals surface area contributed by atoms with Crippen molar-refractivity contribution in [2.24, 2.45) is 0 Å². The molecule has 1 rings (SSSR count). The van der Waals surface area contributed by atoms with Crippen LogP contribution in [-0.2, 0) is 25.3 Å². The molecular formula is C9H9ClF3NO4S2. The number of nitrogens with one attached hydrogen (secondary N) is 1. The number of sulfonamides is 1. The van der Waals surface area contributed by atoms with Gasteiger partial charge in [-0.1, -0.05) is 12.1 Å². The molecule has 11 heteroatoms. The third kappa shape index (κ3) is 4.93. The minimum atomic E-state index is -4.84. The van der Waals surface area contributed by atoms with E-state index in [-0.39, 0.29) is 0 Å². The molecule has 114 valence electrons. The van der Waals surface area contributed by atoms with Crippen LogP contribution in [0.4, 0.5) is 13.2 Å². The zero-order chi connectivity index (χ0) is 15.6. The average Bonchev–Trinajstić information content (AvgIpc) is 2.25. The standard InChI is InChI=1S/C9H9ClF3NO4S2/c10-19(15,16)6-5-14-20(17,18)8-4-2-1-3-7(8)9(11,12)13/h1-4,14H,5-6H2. The quantitative estimate of drug-likeness (QED) is 0.816. The van der Waals surface area contributed by atoms with E-state index in [1.807, 2.05) is 0 Å². The molecule has 0 aromatic heterocycles. The van der Waals surface area contributed by atoms with E-state index in [1.54, 1.807) is 4.72 Å². The lowest BCUT2D eigenvalue weighted by Crippen LogP contribution is -2.29. The molecule has 1 aromatic carbocycles. The Morgan fingerprint density at radius 1 is 1.10 bits per heavy atom. The van der Waals surface area contributed by atoms with E-state index in [4.69, 9.17) is 10.7 Å². The number of halogens is 4. The summed E-state index contributed by atoms with van der Waals surface area (Å²) in [7, 11) is -3.56. The molecule has 0 unspecified atom stereocenters. The molecule has 0 radical (unpaired) electrons. The van der Waals surface area contributed by atoms with E-state index in [0.29, 0.717) is 6.07 Å². The Balaban J connectivity index is 3.05. The fraction of sp³-hybridized carbons (Fsp3) is 0.333. The van der Waals surface area contributed by atoms with Crippen molar-refractivity contribution in [3.8, 4) is 0 Å². The van der Waals surface area contributed by atoms with Crippen LogP contribution < -0.4 is 4.72 Å². The lowest BCUT2D eigenvalue weighted by atomic mass is 10.2. The molecule has 0 aliphatic carbocycles. The monoisotopic (exact) mass is 351 g/mol. The molecule has 0 atom stereocenters. The van der Waals surface area contributed by atoms with E-state index in [9.17, 15) is 30.0 Å². The third-order valence-corrected chi connectivity index (χ3v) is 4.79. The van der Waals surface area contributed by atoms with Gasteiger partial charge in [0, 0.05) is 17.2 Å². The second-order valence-electron chi connectivity index (χ2n) is 3.63. The fourth-order valence-electron chi connectivity index (χ4n) is 1.31. The van der Waals surface area contributed by atoms with Crippen molar-refractivity contribution in [3.63, 3.8) is 0 Å². The number of alkyl halides is 3. The second kappa shape index (κ2) is 5.88. The van der Waals surface area contributed by atoms with Gasteiger partial charge in [-0.15, -0.1) is 0 Å². The predicted molar refractivity (Wildman–Crippen MR) is 66.3 cm³/mol. The Morgan fingerprint density at radius 2 is 1.65 bits per heavy atom. The van der Waals surface area contributed by atoms with Crippen LogP contribution in [0.1, 0.15) is 5.56 Å². The maximum absolute atomic E-state index is 12.7. The Labute approximate surface area is 118 Å². The summed E-state index contributed by atoms with van der Waals surface area (Å²) in [5.41, 5.74) is -1.33. The molecule has 20 heavy (non-hydrogen) atoms. The largest absolute Gasteiger partial charge is 0.417 e. The predicted octanol–water partition coefficient (Wildman–Crippen LogP) is 1.55. The van der Waals surface area contributed by atoms with E-state index in [0.717, 1.165) is 18.2 Å². The lowest BCUT2D eigenvalue weighted by Gasteiger charge is -2.13. The maximum atomic E-state index is 12.7. The summed E-state index contributed by atoms with van der Waals surface area (Å²) in [4.78, 5) is -0.973. The van der Waals surface area contributed by atoms with E-state index in [1.165, 1.54) is 0 Å². The minimum absolute atomic E-state index is 0.618. The average molecular weight is 352 g/mol. The minimum Gasteiger partial charge on any atom is -0.212 e. The highest BCUT2D eigenvalue weighted by Gasteiger charge is 2.36. The fourth-order valence-corrected chi connectivity index (χ4v) is 3.27. The first-order valence-corrected chi connectivity index (χ1v) is 8.98. The van der Waals surface area contributed by atoms with Crippen molar-refractivity contribution < 1.29 is 30.0 Å². The van der Waals surface area contributed by atoms with Crippen molar-refractivity contribution in [1.29, 1.82) is 0 Å². The van der Waals surface area contributed by atoms with Gasteiger partial charge in [-0.25, -0.2) is 21.6 Å². The van der Waals surface area contributed by atoms with Crippen LogP contribution in [0, 0.1) is 0 Å². The van der Waals surface area contributed by atoms with Gasteiger partial charge in [0.1, 0.15) is 0 Å². The van der Waals surface area contributed by atoms with Gasteiger partial charge in [-0.2, -0.15) is 13.2 Å². The molecule has 0 aliphatic heterocycles. The molecule has 0 bridgehead atoms. The number of hydrogen-bond acceptors (Lipinski definition) is 4. The van der Waals surface area contributed by atoms with Crippen LogP contribution in [-0.4, -0.2) is 29.1 Å². The molecule has 1 aromatic rings. The van der Waals surface area contributed by atoms with Gasteiger partial charge in [-0.3, -0.25) is 0 Å². The number of hydrogen-bond donors (Lipinski definition) is 1. The molecule has 0 heterocycles. The second-order valence-corrected chi connectivity index (χ2v) is 8.27. The van der Waals surface area contributed by atoms with Gasteiger partial charge in [0.25, 0.3) is 0 Å². The summed E-state index contributed by atoms with van der Waals surface area (Å²) in [5.74, 6) is -0.734. The first-order chi connectivity index (χ1) is 8.93.